The molecule has 1 unspecified atom stereocenters. The number of esters is 1. The molecule has 5 nitrogen and oxygen atoms in total. The van der Waals surface area contributed by atoms with Crippen LogP contribution >= 0.6 is 0 Å². The second-order valence-corrected chi connectivity index (χ2v) is 6.68. The Morgan fingerprint density at radius 1 is 1.29 bits per heavy atom. The Labute approximate surface area is 121 Å². The average molecular weight is 322 g/mol. The van der Waals surface area contributed by atoms with Crippen molar-refractivity contribution in [1.82, 2.24) is 0 Å². The zero-order valence-electron chi connectivity index (χ0n) is 11.8. The summed E-state index contributed by atoms with van der Waals surface area (Å²) < 4.78 is 54.8. The smallest absolute Gasteiger partial charge is 0.380 e. The van der Waals surface area contributed by atoms with E-state index in [1.165, 1.54) is 6.92 Å². The SMILES string of the molecule is CCOC(=O)C(F)(F)C(C)(O)c1ccc(S(C)(=O)=O)cc1. The van der Waals surface area contributed by atoms with Crippen molar-refractivity contribution in [3.63, 3.8) is 0 Å². The van der Waals surface area contributed by atoms with E-state index in [-0.39, 0.29) is 17.1 Å². The van der Waals surface area contributed by atoms with Crippen LogP contribution < -0.4 is 0 Å². The van der Waals surface area contributed by atoms with Crippen molar-refractivity contribution >= 4 is 15.8 Å². The lowest BCUT2D eigenvalue weighted by atomic mass is 9.89. The molecule has 0 heterocycles. The molecule has 0 bridgehead atoms. The first-order valence-electron chi connectivity index (χ1n) is 6.02. The van der Waals surface area contributed by atoms with Gasteiger partial charge < -0.3 is 9.84 Å². The first kappa shape index (κ1) is 17.5. The van der Waals surface area contributed by atoms with E-state index < -0.39 is 27.3 Å². The molecule has 0 aliphatic rings. The van der Waals surface area contributed by atoms with E-state index in [4.69, 9.17) is 0 Å². The molecule has 1 N–H and O–H groups in total. The Morgan fingerprint density at radius 3 is 2.14 bits per heavy atom. The number of benzene rings is 1. The molecule has 1 aromatic rings. The third kappa shape index (κ3) is 3.38. The second kappa shape index (κ2) is 5.69. The molecule has 0 saturated heterocycles. The second-order valence-electron chi connectivity index (χ2n) is 4.66. The van der Waals surface area contributed by atoms with E-state index in [0.717, 1.165) is 37.4 Å². The lowest BCUT2D eigenvalue weighted by Crippen LogP contribution is -2.49. The van der Waals surface area contributed by atoms with E-state index in [1.807, 2.05) is 0 Å². The molecular weight excluding hydrogens is 306 g/mol. The van der Waals surface area contributed by atoms with Gasteiger partial charge in [0, 0.05) is 6.26 Å². The molecule has 0 spiro atoms. The number of rotatable bonds is 5. The van der Waals surface area contributed by atoms with Crippen molar-refractivity contribution in [2.24, 2.45) is 0 Å². The van der Waals surface area contributed by atoms with E-state index in [9.17, 15) is 27.1 Å². The molecule has 0 amide bonds. The highest BCUT2D eigenvalue weighted by molar-refractivity contribution is 7.90. The third-order valence-electron chi connectivity index (χ3n) is 2.99. The lowest BCUT2D eigenvalue weighted by molar-refractivity contribution is -0.212. The largest absolute Gasteiger partial charge is 0.461 e. The Bertz CT molecular complexity index is 620. The Balaban J connectivity index is 3.21. The fraction of sp³-hybridized carbons (Fsp3) is 0.462. The van der Waals surface area contributed by atoms with Crippen molar-refractivity contribution < 1.29 is 31.8 Å². The van der Waals surface area contributed by atoms with Gasteiger partial charge in [-0.2, -0.15) is 8.78 Å². The summed E-state index contributed by atoms with van der Waals surface area (Å²) in [5, 5.41) is 10.0. The average Bonchev–Trinajstić information content (AvgIpc) is 2.37. The molecule has 8 heteroatoms. The fourth-order valence-electron chi connectivity index (χ4n) is 1.63. The fourth-order valence-corrected chi connectivity index (χ4v) is 2.26. The van der Waals surface area contributed by atoms with Crippen LogP contribution in [0.2, 0.25) is 0 Å². The van der Waals surface area contributed by atoms with Gasteiger partial charge in [-0.1, -0.05) is 12.1 Å². The summed E-state index contributed by atoms with van der Waals surface area (Å²) in [4.78, 5) is 11.2. The van der Waals surface area contributed by atoms with E-state index in [0.29, 0.717) is 0 Å². The number of aliphatic hydroxyl groups is 1. The molecular formula is C13H16F2O5S. The third-order valence-corrected chi connectivity index (χ3v) is 4.12. The molecule has 21 heavy (non-hydrogen) atoms. The summed E-state index contributed by atoms with van der Waals surface area (Å²) in [6.45, 7) is 1.88. The monoisotopic (exact) mass is 322 g/mol. The van der Waals surface area contributed by atoms with Gasteiger partial charge in [0.15, 0.2) is 15.4 Å². The highest BCUT2D eigenvalue weighted by atomic mass is 32.2. The van der Waals surface area contributed by atoms with Crippen LogP contribution in [0.25, 0.3) is 0 Å². The predicted octanol–water partition coefficient (Wildman–Crippen LogP) is 1.50. The Kier molecular flexibility index (Phi) is 4.74. The van der Waals surface area contributed by atoms with Crippen LogP contribution in [0.4, 0.5) is 8.78 Å². The zero-order valence-corrected chi connectivity index (χ0v) is 12.6. The van der Waals surface area contributed by atoms with Gasteiger partial charge >= 0.3 is 11.9 Å². The highest BCUT2D eigenvalue weighted by Gasteiger charge is 2.57. The van der Waals surface area contributed by atoms with Gasteiger partial charge in [-0.15, -0.1) is 0 Å². The van der Waals surface area contributed by atoms with Gasteiger partial charge in [-0.25, -0.2) is 13.2 Å². The van der Waals surface area contributed by atoms with Gasteiger partial charge in [0.05, 0.1) is 11.5 Å². The predicted molar refractivity (Wildman–Crippen MR) is 70.7 cm³/mol. The maximum Gasteiger partial charge on any atom is 0.380 e. The normalized spacial score (nSPS) is 15.3. The number of ether oxygens (including phenoxy) is 1. The Morgan fingerprint density at radius 2 is 1.76 bits per heavy atom. The minimum absolute atomic E-state index is 0.0819. The summed E-state index contributed by atoms with van der Waals surface area (Å²) in [5.74, 6) is -6.02. The molecule has 118 valence electrons. The standard InChI is InChI=1S/C13H16F2O5S/c1-4-20-11(16)13(14,15)12(2,17)9-5-7-10(8-6-9)21(3,18)19/h5-8,17H,4H2,1-3H3. The van der Waals surface area contributed by atoms with Crippen molar-refractivity contribution in [2.45, 2.75) is 30.3 Å². The molecule has 1 atom stereocenters. The molecule has 0 aliphatic carbocycles. The number of hydrogen-bond donors (Lipinski definition) is 1. The quantitative estimate of drug-likeness (QED) is 0.831. The first-order valence-corrected chi connectivity index (χ1v) is 7.91. The summed E-state index contributed by atoms with van der Waals surface area (Å²) in [7, 11) is -3.49. The van der Waals surface area contributed by atoms with Gasteiger partial charge in [0.1, 0.15) is 0 Å². The first-order chi connectivity index (χ1) is 9.44. The highest BCUT2D eigenvalue weighted by Crippen LogP contribution is 2.38. The van der Waals surface area contributed by atoms with Crippen LogP contribution in [-0.4, -0.2) is 38.3 Å². The van der Waals surface area contributed by atoms with Crippen LogP contribution in [0.3, 0.4) is 0 Å². The van der Waals surface area contributed by atoms with Crippen molar-refractivity contribution in [1.29, 1.82) is 0 Å². The van der Waals surface area contributed by atoms with E-state index >= 15 is 0 Å². The number of carbonyl (C=O) groups excluding carboxylic acids is 1. The lowest BCUT2D eigenvalue weighted by Gasteiger charge is -2.31. The van der Waals surface area contributed by atoms with E-state index in [2.05, 4.69) is 4.74 Å². The number of sulfone groups is 1. The zero-order chi connectivity index (χ0) is 16.5. The maximum absolute atomic E-state index is 14.0. The van der Waals surface area contributed by atoms with E-state index in [1.54, 1.807) is 0 Å². The van der Waals surface area contributed by atoms with Crippen molar-refractivity contribution in [3.05, 3.63) is 29.8 Å². The number of halogens is 2. The van der Waals surface area contributed by atoms with Crippen LogP contribution in [0.5, 0.6) is 0 Å². The van der Waals surface area contributed by atoms with Crippen LogP contribution in [0.15, 0.2) is 29.2 Å². The molecule has 0 fully saturated rings. The topological polar surface area (TPSA) is 80.7 Å². The van der Waals surface area contributed by atoms with Crippen LogP contribution in [-0.2, 0) is 25.0 Å². The Hall–Kier alpha value is -1.54. The minimum Gasteiger partial charge on any atom is -0.461 e. The number of hydrogen-bond acceptors (Lipinski definition) is 5. The van der Waals surface area contributed by atoms with Gasteiger partial charge in [0.25, 0.3) is 0 Å². The number of alkyl halides is 2. The summed E-state index contributed by atoms with van der Waals surface area (Å²) in [5.41, 5.74) is -3.12. The van der Waals surface area contributed by atoms with Gasteiger partial charge in [-0.05, 0) is 31.5 Å². The molecule has 0 aliphatic heterocycles. The molecule has 1 rings (SSSR count). The van der Waals surface area contributed by atoms with Gasteiger partial charge in [0.2, 0.25) is 0 Å². The van der Waals surface area contributed by atoms with Gasteiger partial charge in [-0.3, -0.25) is 0 Å². The molecule has 0 aromatic heterocycles. The summed E-state index contributed by atoms with van der Waals surface area (Å²) >= 11 is 0. The molecule has 0 saturated carbocycles. The minimum atomic E-state index is -4.17. The van der Waals surface area contributed by atoms with Crippen LogP contribution in [0.1, 0.15) is 19.4 Å². The maximum atomic E-state index is 14.0. The summed E-state index contributed by atoms with van der Waals surface area (Å²) in [6, 6.07) is 4.23. The van der Waals surface area contributed by atoms with Crippen LogP contribution in [0, 0.1) is 0 Å². The van der Waals surface area contributed by atoms with Crippen molar-refractivity contribution in [2.75, 3.05) is 12.9 Å². The van der Waals surface area contributed by atoms with Crippen molar-refractivity contribution in [3.8, 4) is 0 Å². The molecule has 0 radical (unpaired) electrons. The summed E-state index contributed by atoms with van der Waals surface area (Å²) in [6.07, 6.45) is 0.966. The number of carbonyl (C=O) groups is 1. The molecule has 1 aromatic carbocycles.